The summed E-state index contributed by atoms with van der Waals surface area (Å²) in [5.41, 5.74) is 0.292. The third-order valence-corrected chi connectivity index (χ3v) is 2.80. The SMILES string of the molecule is CCOC(=O)C=NC=Cc1c(Br)ccc(OC)c1F. The Morgan fingerprint density at radius 2 is 2.26 bits per heavy atom. The Hall–Kier alpha value is -1.69. The number of rotatable bonds is 5. The Morgan fingerprint density at radius 3 is 2.89 bits per heavy atom. The van der Waals surface area contributed by atoms with Crippen molar-refractivity contribution in [2.45, 2.75) is 6.92 Å². The number of hydrogen-bond acceptors (Lipinski definition) is 4. The molecule has 0 aromatic heterocycles. The summed E-state index contributed by atoms with van der Waals surface area (Å²) < 4.78 is 24.0. The van der Waals surface area contributed by atoms with E-state index in [1.165, 1.54) is 25.5 Å². The number of benzene rings is 1. The zero-order chi connectivity index (χ0) is 14.3. The van der Waals surface area contributed by atoms with Crippen LogP contribution in [0.4, 0.5) is 4.39 Å². The molecule has 0 spiro atoms. The molecule has 0 radical (unpaired) electrons. The number of nitrogens with zero attached hydrogens (tertiary/aromatic N) is 1. The number of methoxy groups -OCH3 is 1. The van der Waals surface area contributed by atoms with Crippen LogP contribution in [0.3, 0.4) is 0 Å². The van der Waals surface area contributed by atoms with Crippen molar-refractivity contribution in [2.75, 3.05) is 13.7 Å². The highest BCUT2D eigenvalue weighted by Crippen LogP contribution is 2.28. The van der Waals surface area contributed by atoms with E-state index in [9.17, 15) is 9.18 Å². The predicted molar refractivity (Wildman–Crippen MR) is 74.8 cm³/mol. The first-order valence-corrected chi connectivity index (χ1v) is 6.28. The molecular weight excluding hydrogens is 317 g/mol. The third-order valence-electron chi connectivity index (χ3n) is 2.10. The van der Waals surface area contributed by atoms with Gasteiger partial charge in [-0.15, -0.1) is 0 Å². The van der Waals surface area contributed by atoms with Crippen LogP contribution in [0.15, 0.2) is 27.8 Å². The van der Waals surface area contributed by atoms with E-state index in [2.05, 4.69) is 25.7 Å². The van der Waals surface area contributed by atoms with Gasteiger partial charge in [-0.1, -0.05) is 15.9 Å². The van der Waals surface area contributed by atoms with E-state index in [1.54, 1.807) is 13.0 Å². The first-order valence-electron chi connectivity index (χ1n) is 5.48. The molecular formula is C13H13BrFNO3. The molecule has 0 aliphatic rings. The zero-order valence-electron chi connectivity index (χ0n) is 10.5. The van der Waals surface area contributed by atoms with Crippen LogP contribution in [0, 0.1) is 5.82 Å². The summed E-state index contributed by atoms with van der Waals surface area (Å²) >= 11 is 3.23. The summed E-state index contributed by atoms with van der Waals surface area (Å²) in [6.07, 6.45) is 3.75. The summed E-state index contributed by atoms with van der Waals surface area (Å²) in [5.74, 6) is -0.908. The predicted octanol–water partition coefficient (Wildman–Crippen LogP) is 3.20. The summed E-state index contributed by atoms with van der Waals surface area (Å²) in [4.78, 5) is 14.7. The monoisotopic (exact) mass is 329 g/mol. The lowest BCUT2D eigenvalue weighted by atomic mass is 10.2. The second-order valence-electron chi connectivity index (χ2n) is 3.32. The molecule has 19 heavy (non-hydrogen) atoms. The fourth-order valence-corrected chi connectivity index (χ4v) is 1.70. The second kappa shape index (κ2) is 7.68. The van der Waals surface area contributed by atoms with Crippen molar-refractivity contribution >= 4 is 34.2 Å². The van der Waals surface area contributed by atoms with Gasteiger partial charge >= 0.3 is 5.97 Å². The van der Waals surface area contributed by atoms with Crippen LogP contribution in [0.25, 0.3) is 6.08 Å². The molecule has 102 valence electrons. The maximum atomic E-state index is 13.9. The van der Waals surface area contributed by atoms with Crippen molar-refractivity contribution in [3.05, 3.63) is 34.2 Å². The molecule has 1 aromatic rings. The number of ether oxygens (including phenoxy) is 2. The van der Waals surface area contributed by atoms with Crippen LogP contribution in [0.2, 0.25) is 0 Å². The molecule has 0 bridgehead atoms. The van der Waals surface area contributed by atoms with Gasteiger partial charge in [-0.05, 0) is 25.1 Å². The van der Waals surface area contributed by atoms with Crippen LogP contribution in [0.1, 0.15) is 12.5 Å². The molecule has 1 aromatic carbocycles. The minimum Gasteiger partial charge on any atom is -0.494 e. The van der Waals surface area contributed by atoms with Crippen LogP contribution in [0.5, 0.6) is 5.75 Å². The van der Waals surface area contributed by atoms with Crippen molar-refractivity contribution in [3.63, 3.8) is 0 Å². The number of carbonyl (C=O) groups is 1. The van der Waals surface area contributed by atoms with Gasteiger partial charge < -0.3 is 9.47 Å². The van der Waals surface area contributed by atoms with Gasteiger partial charge in [0.15, 0.2) is 11.6 Å². The second-order valence-corrected chi connectivity index (χ2v) is 4.18. The van der Waals surface area contributed by atoms with E-state index in [0.29, 0.717) is 10.0 Å². The minimum atomic E-state index is -0.544. The number of hydrogen-bond donors (Lipinski definition) is 0. The van der Waals surface area contributed by atoms with Gasteiger partial charge in [0.2, 0.25) is 0 Å². The highest BCUT2D eigenvalue weighted by Gasteiger charge is 2.09. The molecule has 0 aliphatic heterocycles. The molecule has 6 heteroatoms. The van der Waals surface area contributed by atoms with Gasteiger partial charge in [-0.25, -0.2) is 9.18 Å². The lowest BCUT2D eigenvalue weighted by Gasteiger charge is -2.05. The van der Waals surface area contributed by atoms with Crippen molar-refractivity contribution in [1.29, 1.82) is 0 Å². The molecule has 0 fully saturated rings. The average molecular weight is 330 g/mol. The largest absolute Gasteiger partial charge is 0.494 e. The molecule has 1 rings (SSSR count). The van der Waals surface area contributed by atoms with Crippen LogP contribution in [-0.4, -0.2) is 25.9 Å². The van der Waals surface area contributed by atoms with Crippen LogP contribution in [-0.2, 0) is 9.53 Å². The van der Waals surface area contributed by atoms with Crippen molar-refractivity contribution in [2.24, 2.45) is 4.99 Å². The van der Waals surface area contributed by atoms with Gasteiger partial charge in [0.25, 0.3) is 0 Å². The van der Waals surface area contributed by atoms with Gasteiger partial charge in [0.05, 0.1) is 13.7 Å². The molecule has 0 atom stereocenters. The Kier molecular flexibility index (Phi) is 6.21. The quantitative estimate of drug-likeness (QED) is 0.615. The van der Waals surface area contributed by atoms with Crippen molar-refractivity contribution in [3.8, 4) is 5.75 Å². The first kappa shape index (κ1) is 15.4. The van der Waals surface area contributed by atoms with Crippen molar-refractivity contribution in [1.82, 2.24) is 0 Å². The van der Waals surface area contributed by atoms with E-state index in [4.69, 9.17) is 4.74 Å². The van der Waals surface area contributed by atoms with E-state index < -0.39 is 11.8 Å². The summed E-state index contributed by atoms with van der Waals surface area (Å²) in [7, 11) is 1.39. The third kappa shape index (κ3) is 4.48. The standard InChI is InChI=1S/C13H13BrFNO3/c1-3-19-12(17)8-16-7-6-9-10(14)4-5-11(18-2)13(9)15/h4-8H,3H2,1-2H3. The normalized spacial score (nSPS) is 11.2. The van der Waals surface area contributed by atoms with Gasteiger partial charge in [-0.2, -0.15) is 0 Å². The van der Waals surface area contributed by atoms with E-state index >= 15 is 0 Å². The Labute approximate surface area is 119 Å². The fourth-order valence-electron chi connectivity index (χ4n) is 1.26. The molecule has 0 amide bonds. The lowest BCUT2D eigenvalue weighted by molar-refractivity contribution is -0.134. The lowest BCUT2D eigenvalue weighted by Crippen LogP contribution is -2.03. The fraction of sp³-hybridized carbons (Fsp3) is 0.231. The number of esters is 1. The average Bonchev–Trinajstić information content (AvgIpc) is 2.38. The summed E-state index contributed by atoms with van der Waals surface area (Å²) in [6, 6.07) is 3.18. The summed E-state index contributed by atoms with van der Waals surface area (Å²) in [6.45, 7) is 1.98. The van der Waals surface area contributed by atoms with E-state index in [1.807, 2.05) is 0 Å². The van der Waals surface area contributed by atoms with Gasteiger partial charge in [-0.3, -0.25) is 4.99 Å². The number of carbonyl (C=O) groups excluding carboxylic acids is 1. The molecule has 0 unspecified atom stereocenters. The van der Waals surface area contributed by atoms with Crippen molar-refractivity contribution < 1.29 is 18.7 Å². The minimum absolute atomic E-state index is 0.136. The molecule has 0 N–H and O–H groups in total. The van der Waals surface area contributed by atoms with Gasteiger partial charge in [0.1, 0.15) is 6.21 Å². The Balaban J connectivity index is 2.85. The Morgan fingerprint density at radius 1 is 1.53 bits per heavy atom. The molecule has 4 nitrogen and oxygen atoms in total. The highest BCUT2D eigenvalue weighted by molar-refractivity contribution is 9.10. The molecule has 0 saturated carbocycles. The smallest absolute Gasteiger partial charge is 0.349 e. The number of halogens is 2. The van der Waals surface area contributed by atoms with Crippen LogP contribution >= 0.6 is 15.9 Å². The summed E-state index contributed by atoms with van der Waals surface area (Å²) in [5, 5.41) is 0. The number of aliphatic imine (C=N–C) groups is 1. The van der Waals surface area contributed by atoms with Crippen LogP contribution < -0.4 is 4.74 Å². The molecule has 0 heterocycles. The maximum absolute atomic E-state index is 13.9. The Bertz CT molecular complexity index is 515. The first-order chi connectivity index (χ1) is 9.10. The van der Waals surface area contributed by atoms with E-state index in [-0.39, 0.29) is 12.4 Å². The maximum Gasteiger partial charge on any atom is 0.349 e. The van der Waals surface area contributed by atoms with E-state index in [0.717, 1.165) is 6.21 Å². The topological polar surface area (TPSA) is 47.9 Å². The molecule has 0 saturated heterocycles. The zero-order valence-corrected chi connectivity index (χ0v) is 12.1. The molecule has 0 aliphatic carbocycles. The highest BCUT2D eigenvalue weighted by atomic mass is 79.9. The van der Waals surface area contributed by atoms with Gasteiger partial charge in [0, 0.05) is 16.2 Å².